The van der Waals surface area contributed by atoms with Gasteiger partial charge in [-0.1, -0.05) is 176 Å². The van der Waals surface area contributed by atoms with Crippen LogP contribution in [0.15, 0.2) is 188 Å². The van der Waals surface area contributed by atoms with E-state index in [1.807, 2.05) is 0 Å². The predicted octanol–water partition coefficient (Wildman–Crippen LogP) is 15.1. The number of aryl methyl sites for hydroxylation is 3. The topological polar surface area (TPSA) is 0 Å². The highest BCUT2D eigenvalue weighted by Gasteiger charge is 2.22. The molecule has 0 aliphatic rings. The summed E-state index contributed by atoms with van der Waals surface area (Å²) in [5.74, 6) is 0. The maximum Gasteiger partial charge on any atom is -0.00140 e. The summed E-state index contributed by atoms with van der Waals surface area (Å²) < 4.78 is 0. The molecule has 0 aromatic heterocycles. The molecule has 11 aromatic carbocycles. The molecule has 0 heterocycles. The van der Waals surface area contributed by atoms with Crippen molar-refractivity contribution in [2.24, 2.45) is 0 Å². The Morgan fingerprint density at radius 3 is 1.16 bits per heavy atom. The minimum absolute atomic E-state index is 0.961. The quantitative estimate of drug-likeness (QED) is 0.152. The molecule has 0 heteroatoms. The van der Waals surface area contributed by atoms with Crippen molar-refractivity contribution in [3.8, 4) is 33.4 Å². The molecule has 0 aliphatic heterocycles. The van der Waals surface area contributed by atoms with Crippen LogP contribution in [-0.2, 0) is 12.8 Å². The van der Waals surface area contributed by atoms with Crippen molar-refractivity contribution >= 4 is 64.6 Å². The van der Waals surface area contributed by atoms with Crippen LogP contribution in [0.5, 0.6) is 0 Å². The fraction of sp³-hybridized carbons (Fsp3) is 0.0545. The zero-order chi connectivity index (χ0) is 36.5. The lowest BCUT2D eigenvalue weighted by molar-refractivity contribution is 0.958. The molecule has 0 radical (unpaired) electrons. The van der Waals surface area contributed by atoms with E-state index in [2.05, 4.69) is 195 Å². The first-order valence-corrected chi connectivity index (χ1v) is 19.5. The van der Waals surface area contributed by atoms with Crippen LogP contribution < -0.4 is 0 Å². The van der Waals surface area contributed by atoms with Crippen LogP contribution in [-0.4, -0.2) is 0 Å². The summed E-state index contributed by atoms with van der Waals surface area (Å²) in [5, 5.41) is 15.6. The summed E-state index contributed by atoms with van der Waals surface area (Å²) >= 11 is 0. The van der Waals surface area contributed by atoms with Gasteiger partial charge in [0.05, 0.1) is 0 Å². The van der Waals surface area contributed by atoms with Gasteiger partial charge in [-0.15, -0.1) is 0 Å². The number of rotatable bonds is 6. The second-order valence-corrected chi connectivity index (χ2v) is 15.1. The third-order valence-electron chi connectivity index (χ3n) is 12.1. The molecule has 0 unspecified atom stereocenters. The van der Waals surface area contributed by atoms with Gasteiger partial charge in [0.1, 0.15) is 0 Å². The van der Waals surface area contributed by atoms with Gasteiger partial charge in [-0.05, 0) is 147 Å². The number of fused-ring (bicyclic) bond motifs is 3. The van der Waals surface area contributed by atoms with Crippen LogP contribution in [0, 0.1) is 6.92 Å². The van der Waals surface area contributed by atoms with E-state index in [4.69, 9.17) is 0 Å². The Bertz CT molecular complexity index is 3160. The molecule has 0 spiro atoms. The molecule has 0 amide bonds. The van der Waals surface area contributed by atoms with Crippen LogP contribution in [0.1, 0.15) is 16.7 Å². The van der Waals surface area contributed by atoms with Gasteiger partial charge in [0.15, 0.2) is 0 Å². The molecule has 11 aromatic rings. The van der Waals surface area contributed by atoms with E-state index in [-0.39, 0.29) is 0 Å². The Hall–Kier alpha value is -6.76. The minimum atomic E-state index is 0.961. The van der Waals surface area contributed by atoms with Crippen molar-refractivity contribution in [2.45, 2.75) is 19.8 Å². The normalized spacial score (nSPS) is 11.9. The molecule has 0 nitrogen and oxygen atoms in total. The highest BCUT2D eigenvalue weighted by atomic mass is 14.3. The van der Waals surface area contributed by atoms with Crippen LogP contribution in [0.25, 0.3) is 98.0 Å². The lowest BCUT2D eigenvalue weighted by Crippen LogP contribution is -1.99. The summed E-state index contributed by atoms with van der Waals surface area (Å²) in [6.07, 6.45) is 1.96. The van der Waals surface area contributed by atoms with E-state index in [9.17, 15) is 0 Å². The van der Waals surface area contributed by atoms with Crippen LogP contribution >= 0.6 is 0 Å². The first kappa shape index (κ1) is 31.7. The van der Waals surface area contributed by atoms with Gasteiger partial charge in [-0.3, -0.25) is 0 Å². The molecule has 0 saturated heterocycles. The van der Waals surface area contributed by atoms with Crippen molar-refractivity contribution in [1.29, 1.82) is 0 Å². The second kappa shape index (κ2) is 12.7. The van der Waals surface area contributed by atoms with E-state index in [0.29, 0.717) is 0 Å². The summed E-state index contributed by atoms with van der Waals surface area (Å²) in [5.41, 5.74) is 11.9. The summed E-state index contributed by atoms with van der Waals surface area (Å²) in [4.78, 5) is 0. The van der Waals surface area contributed by atoms with E-state index >= 15 is 0 Å². The molecule has 0 atom stereocenters. The largest absolute Gasteiger partial charge is 0.0620 e. The van der Waals surface area contributed by atoms with Gasteiger partial charge in [-0.25, -0.2) is 0 Å². The third-order valence-corrected chi connectivity index (χ3v) is 12.1. The average Bonchev–Trinajstić information content (AvgIpc) is 3.24. The minimum Gasteiger partial charge on any atom is -0.0620 e. The first-order valence-electron chi connectivity index (χ1n) is 19.5. The van der Waals surface area contributed by atoms with Gasteiger partial charge in [-0.2, -0.15) is 0 Å². The number of hydrogen-bond donors (Lipinski definition) is 0. The number of benzene rings is 11. The Labute approximate surface area is 321 Å². The van der Waals surface area contributed by atoms with Gasteiger partial charge in [0.2, 0.25) is 0 Å². The first-order chi connectivity index (χ1) is 27.2. The fourth-order valence-corrected chi connectivity index (χ4v) is 9.48. The van der Waals surface area contributed by atoms with E-state index in [0.717, 1.165) is 12.8 Å². The fourth-order valence-electron chi connectivity index (χ4n) is 9.48. The summed E-state index contributed by atoms with van der Waals surface area (Å²) in [6.45, 7) is 2.24. The van der Waals surface area contributed by atoms with Crippen molar-refractivity contribution < 1.29 is 0 Å². The van der Waals surface area contributed by atoms with E-state index in [1.165, 1.54) is 115 Å². The molecular weight excluding hydrogens is 661 g/mol. The highest BCUT2D eigenvalue weighted by molar-refractivity contribution is 6.32. The standard InChI is InChI=1S/C55H38/c1-35-13-2-3-14-36(35)27-28-40-33-51(45-24-10-18-37-15-4-7-21-41(37)45)48-31-32-50-53(47-26-12-20-39-17-6-9-23-43(39)47)34-52(49-30-29-44(40)54(48)55(49)50)46-25-11-19-38-16-5-8-22-42(38)46/h2-26,29-34H,27-28H2,1H3. The van der Waals surface area contributed by atoms with Gasteiger partial charge < -0.3 is 0 Å². The second-order valence-electron chi connectivity index (χ2n) is 15.1. The van der Waals surface area contributed by atoms with Crippen molar-refractivity contribution in [3.05, 3.63) is 205 Å². The Balaban J connectivity index is 1.30. The number of hydrogen-bond acceptors (Lipinski definition) is 0. The third kappa shape index (κ3) is 5.06. The lowest BCUT2D eigenvalue weighted by atomic mass is 9.81. The van der Waals surface area contributed by atoms with Crippen LogP contribution in [0.4, 0.5) is 0 Å². The lowest BCUT2D eigenvalue weighted by Gasteiger charge is -2.22. The van der Waals surface area contributed by atoms with E-state index < -0.39 is 0 Å². The SMILES string of the molecule is Cc1ccccc1CCc1cc(-c2cccc3ccccc23)c2ccc3c(-c4cccc5ccccc45)cc(-c4cccc5ccccc45)c4ccc1c2c43. The Morgan fingerprint density at radius 1 is 0.273 bits per heavy atom. The maximum absolute atomic E-state index is 2.51. The molecule has 0 N–H and O–H groups in total. The maximum atomic E-state index is 2.51. The van der Waals surface area contributed by atoms with Gasteiger partial charge >= 0.3 is 0 Å². The van der Waals surface area contributed by atoms with Crippen molar-refractivity contribution in [3.63, 3.8) is 0 Å². The Kier molecular flexibility index (Phi) is 7.32. The summed E-state index contributed by atoms with van der Waals surface area (Å²) in [7, 11) is 0. The monoisotopic (exact) mass is 698 g/mol. The molecular formula is C55H38. The Morgan fingerprint density at radius 2 is 0.655 bits per heavy atom. The van der Waals surface area contributed by atoms with Gasteiger partial charge in [0, 0.05) is 0 Å². The van der Waals surface area contributed by atoms with Crippen LogP contribution in [0.2, 0.25) is 0 Å². The molecule has 258 valence electrons. The van der Waals surface area contributed by atoms with Crippen molar-refractivity contribution in [1.82, 2.24) is 0 Å². The highest BCUT2D eigenvalue weighted by Crippen LogP contribution is 2.49. The van der Waals surface area contributed by atoms with Crippen molar-refractivity contribution in [2.75, 3.05) is 0 Å². The summed E-state index contributed by atoms with van der Waals surface area (Å²) in [6, 6.07) is 70.3. The predicted molar refractivity (Wildman–Crippen MR) is 238 cm³/mol. The molecule has 0 fully saturated rings. The zero-order valence-corrected chi connectivity index (χ0v) is 30.8. The molecule has 55 heavy (non-hydrogen) atoms. The van der Waals surface area contributed by atoms with Gasteiger partial charge in [0.25, 0.3) is 0 Å². The molecule has 11 rings (SSSR count). The molecule has 0 aliphatic carbocycles. The average molecular weight is 699 g/mol. The smallest absolute Gasteiger partial charge is 0.00140 e. The molecule has 0 saturated carbocycles. The molecule has 0 bridgehead atoms. The van der Waals surface area contributed by atoms with Crippen LogP contribution in [0.3, 0.4) is 0 Å². The van der Waals surface area contributed by atoms with E-state index in [1.54, 1.807) is 0 Å². The zero-order valence-electron chi connectivity index (χ0n) is 30.8.